The molecule has 2 aromatic rings. The van der Waals surface area contributed by atoms with Crippen molar-refractivity contribution >= 4 is 17.7 Å². The summed E-state index contributed by atoms with van der Waals surface area (Å²) in [6.45, 7) is 8.51. The molecule has 35 heavy (non-hydrogen) atoms. The number of carbonyl (C=O) groups excluding carboxylic acids is 2. The predicted molar refractivity (Wildman–Crippen MR) is 133 cm³/mol. The molecule has 1 saturated heterocycles. The molecule has 10 nitrogen and oxygen atoms in total. The van der Waals surface area contributed by atoms with E-state index in [0.717, 1.165) is 50.2 Å². The van der Waals surface area contributed by atoms with Gasteiger partial charge in [0.2, 0.25) is 0 Å². The van der Waals surface area contributed by atoms with Gasteiger partial charge in [0, 0.05) is 33.7 Å². The third-order valence-electron chi connectivity index (χ3n) is 6.75. The number of pyridine rings is 1. The molecule has 0 aromatic carbocycles. The van der Waals surface area contributed by atoms with E-state index in [0.29, 0.717) is 23.6 Å². The Morgan fingerprint density at radius 3 is 2.69 bits per heavy atom. The molecular weight excluding hydrogens is 448 g/mol. The molecule has 0 N–H and O–H groups in total. The van der Waals surface area contributed by atoms with Crippen LogP contribution in [0.15, 0.2) is 12.1 Å². The highest BCUT2D eigenvalue weighted by atomic mass is 16.6. The van der Waals surface area contributed by atoms with Crippen LogP contribution >= 0.6 is 0 Å². The van der Waals surface area contributed by atoms with Crippen molar-refractivity contribution in [1.29, 1.82) is 0 Å². The van der Waals surface area contributed by atoms with Gasteiger partial charge in [0.25, 0.3) is 0 Å². The van der Waals surface area contributed by atoms with Gasteiger partial charge in [-0.25, -0.2) is 14.5 Å². The molecule has 2 unspecified atom stereocenters. The number of aryl methyl sites for hydroxylation is 2. The van der Waals surface area contributed by atoms with Crippen LogP contribution in [0.2, 0.25) is 0 Å². The summed E-state index contributed by atoms with van der Waals surface area (Å²) in [6, 6.07) is 4.01. The zero-order chi connectivity index (χ0) is 25.5. The molecule has 0 aliphatic carbocycles. The number of ether oxygens (including phenoxy) is 2. The number of aromatic nitrogens is 4. The summed E-state index contributed by atoms with van der Waals surface area (Å²) in [5.41, 5.74) is 4.04. The average molecular weight is 487 g/mol. The highest BCUT2D eigenvalue weighted by Gasteiger charge is 2.34. The Morgan fingerprint density at radius 1 is 1.26 bits per heavy atom. The second-order valence-corrected chi connectivity index (χ2v) is 9.03. The van der Waals surface area contributed by atoms with Gasteiger partial charge >= 0.3 is 12.1 Å². The lowest BCUT2D eigenvalue weighted by atomic mass is 9.89. The van der Waals surface area contributed by atoms with E-state index in [2.05, 4.69) is 28.2 Å². The second kappa shape index (κ2) is 12.0. The quantitative estimate of drug-likeness (QED) is 0.471. The monoisotopic (exact) mass is 486 g/mol. The number of anilines is 1. The minimum atomic E-state index is -0.377. The Labute approximate surface area is 207 Å². The predicted octanol–water partition coefficient (Wildman–Crippen LogP) is 3.44. The minimum absolute atomic E-state index is 0.0658. The van der Waals surface area contributed by atoms with Crippen LogP contribution in [0.5, 0.6) is 0 Å². The highest BCUT2D eigenvalue weighted by molar-refractivity contribution is 5.73. The van der Waals surface area contributed by atoms with Gasteiger partial charge in [-0.3, -0.25) is 4.79 Å². The van der Waals surface area contributed by atoms with E-state index < -0.39 is 0 Å². The van der Waals surface area contributed by atoms with Gasteiger partial charge in [-0.1, -0.05) is 26.0 Å². The smallest absolute Gasteiger partial charge is 0.409 e. The third-order valence-corrected chi connectivity index (χ3v) is 6.75. The van der Waals surface area contributed by atoms with Crippen LogP contribution in [-0.4, -0.2) is 70.7 Å². The van der Waals surface area contributed by atoms with Gasteiger partial charge in [-0.05, 0) is 43.7 Å². The van der Waals surface area contributed by atoms with Crippen LogP contribution in [0.4, 0.5) is 10.5 Å². The zero-order valence-corrected chi connectivity index (χ0v) is 21.8. The lowest BCUT2D eigenvalue weighted by Gasteiger charge is -2.24. The molecule has 192 valence electrons. The van der Waals surface area contributed by atoms with E-state index in [9.17, 15) is 9.59 Å². The molecule has 2 aromatic heterocycles. The molecule has 1 amide bonds. The van der Waals surface area contributed by atoms with Gasteiger partial charge in [0.05, 0.1) is 30.1 Å². The molecule has 2 atom stereocenters. The van der Waals surface area contributed by atoms with Crippen molar-refractivity contribution in [3.05, 3.63) is 23.5 Å². The third kappa shape index (κ3) is 5.91. The summed E-state index contributed by atoms with van der Waals surface area (Å²) >= 11 is 0. The fourth-order valence-electron chi connectivity index (χ4n) is 4.76. The van der Waals surface area contributed by atoms with Gasteiger partial charge in [0.1, 0.15) is 18.0 Å². The summed E-state index contributed by atoms with van der Waals surface area (Å²) in [5, 5.41) is 8.44. The molecule has 0 saturated carbocycles. The summed E-state index contributed by atoms with van der Waals surface area (Å²) in [4.78, 5) is 33.2. The van der Waals surface area contributed by atoms with E-state index in [1.54, 1.807) is 23.7 Å². The molecule has 1 aliphatic rings. The van der Waals surface area contributed by atoms with Crippen LogP contribution in [0.25, 0.3) is 11.4 Å². The van der Waals surface area contributed by atoms with Crippen LogP contribution in [-0.2, 0) is 34.3 Å². The molecule has 10 heteroatoms. The molecule has 1 fully saturated rings. The molecule has 0 spiro atoms. The largest absolute Gasteiger partial charge is 0.469 e. The molecule has 3 rings (SSSR count). The molecule has 0 bridgehead atoms. The van der Waals surface area contributed by atoms with Gasteiger partial charge in [0.15, 0.2) is 0 Å². The lowest BCUT2D eigenvalue weighted by molar-refractivity contribution is -0.147. The molecule has 3 heterocycles. The number of hydrogen-bond acceptors (Lipinski definition) is 8. The standard InChI is InChI=1S/C25H38N6O4/c1-7-13-29(4)25(33)35-16-22-23(27-28-30(22)5)20-10-11-21(19(9-3)26-20)31-14-12-17(15-31)18(8-2)24(32)34-6/h10-11,17-18H,7-9,12-16H2,1-6H3. The van der Waals surface area contributed by atoms with Crippen molar-refractivity contribution in [2.24, 2.45) is 18.9 Å². The first-order valence-corrected chi connectivity index (χ1v) is 12.4. The Bertz CT molecular complexity index is 1020. The first-order chi connectivity index (χ1) is 16.8. The molecular formula is C25H38N6O4. The lowest BCUT2D eigenvalue weighted by Crippen LogP contribution is -2.28. The average Bonchev–Trinajstić information content (AvgIpc) is 3.49. The van der Waals surface area contributed by atoms with E-state index >= 15 is 0 Å². The maximum atomic E-state index is 12.2. The number of esters is 1. The first kappa shape index (κ1) is 26.4. The van der Waals surface area contributed by atoms with Crippen LogP contribution in [0, 0.1) is 11.8 Å². The van der Waals surface area contributed by atoms with Crippen molar-refractivity contribution in [2.75, 3.05) is 38.7 Å². The Balaban J connectivity index is 1.78. The minimum Gasteiger partial charge on any atom is -0.469 e. The fourth-order valence-corrected chi connectivity index (χ4v) is 4.76. The summed E-state index contributed by atoms with van der Waals surface area (Å²) in [7, 11) is 4.96. The second-order valence-electron chi connectivity index (χ2n) is 9.03. The van der Waals surface area contributed by atoms with E-state index in [1.165, 1.54) is 7.11 Å². The van der Waals surface area contributed by atoms with Crippen molar-refractivity contribution in [1.82, 2.24) is 24.9 Å². The van der Waals surface area contributed by atoms with Crippen LogP contribution < -0.4 is 4.90 Å². The van der Waals surface area contributed by atoms with Crippen LogP contribution in [0.3, 0.4) is 0 Å². The number of hydrogen-bond donors (Lipinski definition) is 0. The fraction of sp³-hybridized carbons (Fsp3) is 0.640. The maximum absolute atomic E-state index is 12.2. The number of rotatable bonds is 10. The molecule has 0 radical (unpaired) electrons. The number of methoxy groups -OCH3 is 1. The summed E-state index contributed by atoms with van der Waals surface area (Å²) in [5.74, 6) is 0.0628. The summed E-state index contributed by atoms with van der Waals surface area (Å²) in [6.07, 6.45) is 2.96. The Hall–Kier alpha value is -3.17. The Kier molecular flexibility index (Phi) is 9.06. The maximum Gasteiger partial charge on any atom is 0.409 e. The highest BCUT2D eigenvalue weighted by Crippen LogP contribution is 2.33. The number of amides is 1. The molecule has 1 aliphatic heterocycles. The zero-order valence-electron chi connectivity index (χ0n) is 21.8. The van der Waals surface area contributed by atoms with E-state index in [1.807, 2.05) is 19.9 Å². The SMILES string of the molecule is CCCN(C)C(=O)OCc1c(-c2ccc(N3CCC(C(CC)C(=O)OC)C3)c(CC)n2)nnn1C. The van der Waals surface area contributed by atoms with E-state index in [4.69, 9.17) is 14.5 Å². The van der Waals surface area contributed by atoms with Crippen molar-refractivity contribution < 1.29 is 19.1 Å². The summed E-state index contributed by atoms with van der Waals surface area (Å²) < 4.78 is 12.1. The van der Waals surface area contributed by atoms with Gasteiger partial charge < -0.3 is 19.3 Å². The van der Waals surface area contributed by atoms with Crippen LogP contribution in [0.1, 0.15) is 51.4 Å². The number of carbonyl (C=O) groups is 2. The first-order valence-electron chi connectivity index (χ1n) is 12.4. The van der Waals surface area contributed by atoms with E-state index in [-0.39, 0.29) is 30.5 Å². The van der Waals surface area contributed by atoms with Gasteiger partial charge in [-0.2, -0.15) is 0 Å². The number of nitrogens with zero attached hydrogens (tertiary/aromatic N) is 6. The van der Waals surface area contributed by atoms with Crippen molar-refractivity contribution in [3.63, 3.8) is 0 Å². The normalized spacial score (nSPS) is 16.3. The topological polar surface area (TPSA) is 103 Å². The Morgan fingerprint density at radius 2 is 2.03 bits per heavy atom. The van der Waals surface area contributed by atoms with Gasteiger partial charge in [-0.15, -0.1) is 5.10 Å². The van der Waals surface area contributed by atoms with Crippen molar-refractivity contribution in [2.45, 2.75) is 53.1 Å². The van der Waals surface area contributed by atoms with Crippen molar-refractivity contribution in [3.8, 4) is 11.4 Å².